The monoisotopic (exact) mass is 390 g/mol. The van der Waals surface area contributed by atoms with Crippen LogP contribution in [0, 0.1) is 0 Å². The molecule has 3 rings (SSSR count). The highest BCUT2D eigenvalue weighted by Crippen LogP contribution is 2.22. The maximum atomic E-state index is 12.4. The maximum absolute atomic E-state index is 12.4. The van der Waals surface area contributed by atoms with Gasteiger partial charge in [-0.25, -0.2) is 19.4 Å². The van der Waals surface area contributed by atoms with Crippen LogP contribution in [0.25, 0.3) is 0 Å². The van der Waals surface area contributed by atoms with Crippen molar-refractivity contribution in [3.63, 3.8) is 0 Å². The van der Waals surface area contributed by atoms with Gasteiger partial charge in [0.25, 0.3) is 5.56 Å². The van der Waals surface area contributed by atoms with Crippen molar-refractivity contribution in [3.05, 3.63) is 51.4 Å². The van der Waals surface area contributed by atoms with Gasteiger partial charge in [0.05, 0.1) is 31.5 Å². The number of esters is 3. The average Bonchev–Trinajstić information content (AvgIpc) is 3.16. The fourth-order valence-electron chi connectivity index (χ4n) is 2.45. The third-order valence-electron chi connectivity index (χ3n) is 3.74. The molecule has 0 atom stereocenters. The number of carbonyl (C=O) groups is 3. The number of thioether (sulfide) groups is 1. The van der Waals surface area contributed by atoms with Gasteiger partial charge in [0.1, 0.15) is 11.3 Å². The number of aromatic nitrogens is 2. The highest BCUT2D eigenvalue weighted by atomic mass is 32.2. The minimum absolute atomic E-state index is 0.0107. The van der Waals surface area contributed by atoms with Gasteiger partial charge in [-0.1, -0.05) is 11.8 Å². The summed E-state index contributed by atoms with van der Waals surface area (Å²) in [6.07, 6.45) is 1.15. The third-order valence-corrected chi connectivity index (χ3v) is 4.71. The first-order valence-electron chi connectivity index (χ1n) is 7.71. The molecular formula is C17H14N2O7S. The molecule has 27 heavy (non-hydrogen) atoms. The molecule has 0 unspecified atom stereocenters. The summed E-state index contributed by atoms with van der Waals surface area (Å²) in [6.45, 7) is 0.456. The maximum Gasteiger partial charge on any atom is 0.350 e. The van der Waals surface area contributed by atoms with Crippen LogP contribution in [0.1, 0.15) is 31.1 Å². The van der Waals surface area contributed by atoms with E-state index < -0.39 is 23.5 Å². The molecule has 0 fully saturated rings. The first-order valence-corrected chi connectivity index (χ1v) is 8.69. The van der Waals surface area contributed by atoms with Crippen molar-refractivity contribution in [1.82, 2.24) is 9.55 Å². The quantitative estimate of drug-likeness (QED) is 0.431. The lowest BCUT2D eigenvalue weighted by molar-refractivity contribution is 0.0593. The Morgan fingerprint density at radius 3 is 2.26 bits per heavy atom. The Balaban J connectivity index is 1.95. The van der Waals surface area contributed by atoms with Gasteiger partial charge in [0, 0.05) is 12.3 Å². The normalized spacial score (nSPS) is 12.2. The molecule has 1 aromatic carbocycles. The fraction of sp³-hybridized carbons (Fsp3) is 0.235. The molecule has 2 heterocycles. The number of benzene rings is 1. The van der Waals surface area contributed by atoms with Gasteiger partial charge in [0.15, 0.2) is 5.16 Å². The molecule has 0 saturated heterocycles. The number of methoxy groups -OCH3 is 2. The first-order chi connectivity index (χ1) is 12.9. The van der Waals surface area contributed by atoms with E-state index >= 15 is 0 Å². The van der Waals surface area contributed by atoms with Crippen LogP contribution in [0.5, 0.6) is 5.75 Å². The Morgan fingerprint density at radius 2 is 1.67 bits per heavy atom. The van der Waals surface area contributed by atoms with Gasteiger partial charge in [-0.2, -0.15) is 0 Å². The molecule has 1 aliphatic heterocycles. The molecular weight excluding hydrogens is 376 g/mol. The van der Waals surface area contributed by atoms with Gasteiger partial charge >= 0.3 is 17.9 Å². The SMILES string of the molecule is COC(=O)c1cc(OC(=O)c2cnc3n(c2=O)CCS3)cc(C(=O)OC)c1. The molecule has 1 aromatic heterocycles. The van der Waals surface area contributed by atoms with E-state index in [0.717, 1.165) is 6.20 Å². The molecule has 0 bridgehead atoms. The smallest absolute Gasteiger partial charge is 0.350 e. The largest absolute Gasteiger partial charge is 0.465 e. The van der Waals surface area contributed by atoms with Crippen molar-refractivity contribution in [2.24, 2.45) is 0 Å². The predicted octanol–water partition coefficient (Wildman–Crippen LogP) is 1.14. The third kappa shape index (κ3) is 3.70. The molecule has 0 radical (unpaired) electrons. The van der Waals surface area contributed by atoms with Crippen LogP contribution < -0.4 is 10.3 Å². The molecule has 0 saturated carbocycles. The van der Waals surface area contributed by atoms with E-state index in [0.29, 0.717) is 17.5 Å². The second-order valence-electron chi connectivity index (χ2n) is 5.38. The zero-order valence-corrected chi connectivity index (χ0v) is 15.2. The van der Waals surface area contributed by atoms with Crippen molar-refractivity contribution >= 4 is 29.7 Å². The number of ether oxygens (including phenoxy) is 3. The van der Waals surface area contributed by atoms with Crippen LogP contribution in [0.2, 0.25) is 0 Å². The van der Waals surface area contributed by atoms with Gasteiger partial charge in [0.2, 0.25) is 0 Å². The number of carbonyl (C=O) groups excluding carboxylic acids is 3. The Kier molecular flexibility index (Phi) is 5.26. The van der Waals surface area contributed by atoms with Crippen molar-refractivity contribution in [2.75, 3.05) is 20.0 Å². The van der Waals surface area contributed by atoms with Crippen molar-refractivity contribution in [2.45, 2.75) is 11.7 Å². The highest BCUT2D eigenvalue weighted by Gasteiger charge is 2.22. The lowest BCUT2D eigenvalue weighted by Gasteiger charge is -2.09. The average molecular weight is 390 g/mol. The summed E-state index contributed by atoms with van der Waals surface area (Å²) >= 11 is 1.42. The topological polar surface area (TPSA) is 114 Å². The van der Waals surface area contributed by atoms with Crippen LogP contribution >= 0.6 is 11.8 Å². The second-order valence-corrected chi connectivity index (χ2v) is 6.44. The van der Waals surface area contributed by atoms with Crippen LogP contribution in [0.15, 0.2) is 34.3 Å². The van der Waals surface area contributed by atoms with Crippen LogP contribution in [0.4, 0.5) is 0 Å². The molecule has 0 amide bonds. The summed E-state index contributed by atoms with van der Waals surface area (Å²) < 4.78 is 15.8. The molecule has 1 aliphatic rings. The molecule has 0 N–H and O–H groups in total. The van der Waals surface area contributed by atoms with Crippen molar-refractivity contribution in [3.8, 4) is 5.75 Å². The van der Waals surface area contributed by atoms with Crippen LogP contribution in [-0.2, 0) is 16.0 Å². The molecule has 0 spiro atoms. The standard InChI is InChI=1S/C17H14N2O7S/c1-24-14(21)9-5-10(15(22)25-2)7-11(6-9)26-16(23)12-8-18-17-19(13(12)20)3-4-27-17/h5-8H,3-4H2,1-2H3. The summed E-state index contributed by atoms with van der Waals surface area (Å²) in [5.74, 6) is -1.81. The fourth-order valence-corrected chi connectivity index (χ4v) is 3.36. The Labute approximate surface area is 157 Å². The van der Waals surface area contributed by atoms with E-state index in [9.17, 15) is 19.2 Å². The Morgan fingerprint density at radius 1 is 1.04 bits per heavy atom. The van der Waals surface area contributed by atoms with Crippen molar-refractivity contribution in [1.29, 1.82) is 0 Å². The minimum Gasteiger partial charge on any atom is -0.465 e. The van der Waals surface area contributed by atoms with E-state index in [4.69, 9.17) is 4.74 Å². The lowest BCUT2D eigenvalue weighted by atomic mass is 10.1. The summed E-state index contributed by atoms with van der Waals surface area (Å²) in [5, 5.41) is 0.539. The lowest BCUT2D eigenvalue weighted by Crippen LogP contribution is -2.28. The van der Waals surface area contributed by atoms with E-state index in [2.05, 4.69) is 14.5 Å². The summed E-state index contributed by atoms with van der Waals surface area (Å²) in [4.78, 5) is 52.5. The van der Waals surface area contributed by atoms with E-state index in [-0.39, 0.29) is 22.4 Å². The number of fused-ring (bicyclic) bond motifs is 1. The molecule has 140 valence electrons. The van der Waals surface area contributed by atoms with E-state index in [1.54, 1.807) is 0 Å². The van der Waals surface area contributed by atoms with Gasteiger partial charge < -0.3 is 14.2 Å². The number of hydrogen-bond donors (Lipinski definition) is 0. The summed E-state index contributed by atoms with van der Waals surface area (Å²) in [7, 11) is 2.35. The molecule has 9 nitrogen and oxygen atoms in total. The molecule has 2 aromatic rings. The van der Waals surface area contributed by atoms with Gasteiger partial charge in [-0.15, -0.1) is 0 Å². The summed E-state index contributed by atoms with van der Waals surface area (Å²) in [5.41, 5.74) is -0.775. The molecule has 0 aliphatic carbocycles. The zero-order chi connectivity index (χ0) is 19.6. The van der Waals surface area contributed by atoms with E-state index in [1.807, 2.05) is 0 Å². The Bertz CT molecular complexity index is 965. The minimum atomic E-state index is -0.947. The summed E-state index contributed by atoms with van der Waals surface area (Å²) in [6, 6.07) is 3.70. The van der Waals surface area contributed by atoms with Crippen molar-refractivity contribution < 1.29 is 28.6 Å². The van der Waals surface area contributed by atoms with Crippen LogP contribution in [0.3, 0.4) is 0 Å². The molecule has 10 heteroatoms. The van der Waals surface area contributed by atoms with E-state index in [1.165, 1.54) is 48.7 Å². The zero-order valence-electron chi connectivity index (χ0n) is 14.4. The second kappa shape index (κ2) is 7.62. The number of rotatable bonds is 4. The first kappa shape index (κ1) is 18.6. The Hall–Kier alpha value is -3.14. The van der Waals surface area contributed by atoms with Gasteiger partial charge in [-0.3, -0.25) is 9.36 Å². The number of nitrogens with zero attached hydrogens (tertiary/aromatic N) is 2. The number of hydrogen-bond acceptors (Lipinski definition) is 9. The highest BCUT2D eigenvalue weighted by molar-refractivity contribution is 7.99. The van der Waals surface area contributed by atoms with Gasteiger partial charge in [-0.05, 0) is 18.2 Å². The predicted molar refractivity (Wildman–Crippen MR) is 93.3 cm³/mol. The van der Waals surface area contributed by atoms with Crippen LogP contribution in [-0.4, -0.2) is 47.4 Å².